The summed E-state index contributed by atoms with van der Waals surface area (Å²) >= 11 is 0. The Morgan fingerprint density at radius 1 is 0.933 bits per heavy atom. The second-order valence-electron chi connectivity index (χ2n) is 8.99. The van der Waals surface area contributed by atoms with Gasteiger partial charge in [0.15, 0.2) is 0 Å². The standard InChI is InChI=1S/C26H29Si.2ClH.Zr/c1-4-18(17-20-15-14-19-9-5-6-10-21(19)20)13-16-24-22-11-7-8-12-23(22)25-26(24)27(25,2)3;;;/h5-12,14-15,20,24H,4,13,16-17H2,1-3H3;2*1H;/q-1;;;+3/p-2. The van der Waals surface area contributed by atoms with Gasteiger partial charge in [-0.25, -0.2) is 0 Å². The van der Waals surface area contributed by atoms with Gasteiger partial charge in [-0.2, -0.15) is 19.3 Å². The SMILES string of the molecule is CC[C-](CCC1C2=C(c3ccccc31)[Si]2(C)C)CC1C=Cc2ccccc21.[Cl-].[Cl-].[Zr+3]. The van der Waals surface area contributed by atoms with Crippen LogP contribution in [-0.2, 0) is 26.2 Å². The molecular formula is C26H29Cl2SiZr. The molecule has 2 atom stereocenters. The second-order valence-corrected chi connectivity index (χ2v) is 13.3. The molecule has 0 saturated carbocycles. The number of halogens is 2. The summed E-state index contributed by atoms with van der Waals surface area (Å²) in [5.41, 5.74) is 6.16. The van der Waals surface area contributed by atoms with Crippen molar-refractivity contribution in [2.75, 3.05) is 0 Å². The Hall–Kier alpha value is -0.400. The summed E-state index contributed by atoms with van der Waals surface area (Å²) in [5, 5.41) is 3.65. The fraction of sp³-hybridized carbons (Fsp3) is 0.346. The Balaban J connectivity index is 0.00000107. The van der Waals surface area contributed by atoms with Gasteiger partial charge in [-0.3, -0.25) is 0 Å². The fourth-order valence-corrected chi connectivity index (χ4v) is 9.78. The van der Waals surface area contributed by atoms with E-state index in [1.54, 1.807) is 22.2 Å². The molecule has 0 bridgehead atoms. The van der Waals surface area contributed by atoms with Crippen LogP contribution >= 0.6 is 0 Å². The summed E-state index contributed by atoms with van der Waals surface area (Å²) in [6, 6.07) is 18.1. The van der Waals surface area contributed by atoms with Crippen LogP contribution in [0.25, 0.3) is 11.3 Å². The fourth-order valence-electron chi connectivity index (χ4n) is 5.66. The van der Waals surface area contributed by atoms with Crippen molar-refractivity contribution in [1.29, 1.82) is 0 Å². The van der Waals surface area contributed by atoms with Gasteiger partial charge in [0.1, 0.15) is 8.07 Å². The van der Waals surface area contributed by atoms with Crippen LogP contribution < -0.4 is 24.8 Å². The van der Waals surface area contributed by atoms with E-state index in [1.165, 1.54) is 36.8 Å². The molecule has 5 rings (SSSR count). The zero-order valence-electron chi connectivity index (χ0n) is 18.0. The van der Waals surface area contributed by atoms with Crippen LogP contribution in [0.1, 0.15) is 66.7 Å². The van der Waals surface area contributed by atoms with Gasteiger partial charge >= 0.3 is 26.2 Å². The van der Waals surface area contributed by atoms with E-state index in [-0.39, 0.29) is 51.0 Å². The van der Waals surface area contributed by atoms with Crippen molar-refractivity contribution in [2.45, 2.75) is 57.5 Å². The summed E-state index contributed by atoms with van der Waals surface area (Å²) in [4.78, 5) is 0. The largest absolute Gasteiger partial charge is 3.00 e. The van der Waals surface area contributed by atoms with Crippen LogP contribution in [0.2, 0.25) is 13.1 Å². The molecule has 4 heteroatoms. The van der Waals surface area contributed by atoms with Gasteiger partial charge in [-0.15, -0.1) is 0 Å². The van der Waals surface area contributed by atoms with E-state index in [4.69, 9.17) is 0 Å². The van der Waals surface area contributed by atoms with Gasteiger partial charge in [0, 0.05) is 5.92 Å². The number of rotatable bonds is 6. The van der Waals surface area contributed by atoms with Gasteiger partial charge in [-0.1, -0.05) is 97.5 Å². The molecule has 0 aromatic heterocycles. The number of fused-ring (bicyclic) bond motifs is 3. The predicted molar refractivity (Wildman–Crippen MR) is 119 cm³/mol. The van der Waals surface area contributed by atoms with E-state index in [2.05, 4.69) is 80.7 Å². The van der Waals surface area contributed by atoms with Gasteiger partial charge in [0.2, 0.25) is 0 Å². The molecule has 0 N–H and O–H groups in total. The van der Waals surface area contributed by atoms with Gasteiger partial charge in [0.25, 0.3) is 0 Å². The predicted octanol–water partition coefficient (Wildman–Crippen LogP) is 1.31. The van der Waals surface area contributed by atoms with E-state index in [0.29, 0.717) is 11.8 Å². The van der Waals surface area contributed by atoms with Crippen LogP contribution in [0.15, 0.2) is 59.8 Å². The molecule has 155 valence electrons. The Morgan fingerprint density at radius 2 is 1.60 bits per heavy atom. The van der Waals surface area contributed by atoms with Crippen molar-refractivity contribution in [3.8, 4) is 0 Å². The van der Waals surface area contributed by atoms with Crippen molar-refractivity contribution in [3.05, 3.63) is 88.0 Å². The maximum atomic E-state index is 2.55. The molecule has 1 aliphatic heterocycles. The van der Waals surface area contributed by atoms with E-state index in [1.807, 2.05) is 5.20 Å². The molecule has 1 radical (unpaired) electrons. The number of allylic oxidation sites excluding steroid dienone is 2. The minimum atomic E-state index is -1.17. The summed E-state index contributed by atoms with van der Waals surface area (Å²) in [7, 11) is -1.17. The minimum Gasteiger partial charge on any atom is -1.00 e. The zero-order chi connectivity index (χ0) is 18.6. The van der Waals surface area contributed by atoms with Crippen LogP contribution in [0, 0.1) is 5.92 Å². The second kappa shape index (κ2) is 10.0. The summed E-state index contributed by atoms with van der Waals surface area (Å²) in [6.45, 7) is 7.44. The van der Waals surface area contributed by atoms with Crippen LogP contribution in [0.3, 0.4) is 0 Å². The summed E-state index contributed by atoms with van der Waals surface area (Å²) < 4.78 is 0. The van der Waals surface area contributed by atoms with E-state index >= 15 is 0 Å². The van der Waals surface area contributed by atoms with Crippen molar-refractivity contribution in [1.82, 2.24) is 0 Å². The van der Waals surface area contributed by atoms with E-state index in [9.17, 15) is 0 Å². The molecule has 2 unspecified atom stereocenters. The molecule has 2 aliphatic carbocycles. The first-order valence-corrected chi connectivity index (χ1v) is 13.6. The first kappa shape index (κ1) is 25.9. The maximum absolute atomic E-state index is 2.55. The van der Waals surface area contributed by atoms with Crippen LogP contribution in [0.4, 0.5) is 0 Å². The van der Waals surface area contributed by atoms with Gasteiger partial charge < -0.3 is 30.7 Å². The van der Waals surface area contributed by atoms with Crippen molar-refractivity contribution < 1.29 is 51.0 Å². The van der Waals surface area contributed by atoms with Gasteiger partial charge in [-0.05, 0) is 28.2 Å². The van der Waals surface area contributed by atoms with E-state index < -0.39 is 8.07 Å². The molecule has 2 aromatic carbocycles. The first-order chi connectivity index (χ1) is 13.1. The minimum absolute atomic E-state index is 0. The topological polar surface area (TPSA) is 0 Å². The van der Waals surface area contributed by atoms with E-state index in [0.717, 1.165) is 0 Å². The molecule has 0 fully saturated rings. The third kappa shape index (κ3) is 4.27. The summed E-state index contributed by atoms with van der Waals surface area (Å²) in [6.07, 6.45) is 9.77. The van der Waals surface area contributed by atoms with Crippen molar-refractivity contribution in [2.24, 2.45) is 0 Å². The molecule has 1 heterocycles. The monoisotopic (exact) mass is 529 g/mol. The Kier molecular flexibility index (Phi) is 8.65. The molecule has 0 nitrogen and oxygen atoms in total. The third-order valence-corrected chi connectivity index (χ3v) is 10.6. The molecule has 3 aliphatic rings. The molecule has 2 aromatic rings. The number of hydrogen-bond donors (Lipinski definition) is 0. The molecular weight excluding hydrogens is 503 g/mol. The maximum Gasteiger partial charge on any atom is 3.00 e. The molecule has 0 amide bonds. The smallest absolute Gasteiger partial charge is 1.00 e. The number of hydrogen-bond acceptors (Lipinski definition) is 0. The Morgan fingerprint density at radius 3 is 2.33 bits per heavy atom. The van der Waals surface area contributed by atoms with Gasteiger partial charge in [0.05, 0.1) is 0 Å². The molecule has 30 heavy (non-hydrogen) atoms. The summed E-state index contributed by atoms with van der Waals surface area (Å²) in [5.74, 6) is 3.05. The van der Waals surface area contributed by atoms with Crippen LogP contribution in [0.5, 0.6) is 0 Å². The molecule has 0 saturated heterocycles. The Bertz CT molecular complexity index is 963. The normalized spacial score (nSPS) is 21.2. The number of benzene rings is 2. The third-order valence-electron chi connectivity index (χ3n) is 7.16. The quantitative estimate of drug-likeness (QED) is 0.390. The Labute approximate surface area is 214 Å². The van der Waals surface area contributed by atoms with Crippen molar-refractivity contribution >= 4 is 19.3 Å². The first-order valence-electron chi connectivity index (χ1n) is 10.6. The average molecular weight is 532 g/mol. The van der Waals surface area contributed by atoms with Crippen LogP contribution in [-0.4, -0.2) is 8.07 Å². The zero-order valence-corrected chi connectivity index (χ0v) is 23.0. The van der Waals surface area contributed by atoms with Crippen molar-refractivity contribution in [3.63, 3.8) is 0 Å². The molecule has 0 spiro atoms. The average Bonchev–Trinajstić information content (AvgIpc) is 3.01.